The van der Waals surface area contributed by atoms with Crippen molar-refractivity contribution in [1.29, 1.82) is 0 Å². The van der Waals surface area contributed by atoms with Crippen LogP contribution in [0.5, 0.6) is 0 Å². The fraction of sp³-hybridized carbons (Fsp3) is 0.250. The van der Waals surface area contributed by atoms with E-state index in [2.05, 4.69) is 5.43 Å². The quantitative estimate of drug-likeness (QED) is 0.327. The van der Waals surface area contributed by atoms with E-state index in [0.717, 1.165) is 5.56 Å². The number of hydrogen-bond donors (Lipinski definition) is 4. The van der Waals surface area contributed by atoms with Gasteiger partial charge in [-0.1, -0.05) is 30.3 Å². The van der Waals surface area contributed by atoms with Crippen LogP contribution in [0.1, 0.15) is 5.56 Å². The Morgan fingerprint density at radius 3 is 2.36 bits per heavy atom. The lowest BCUT2D eigenvalue weighted by atomic mass is 10.1. The van der Waals surface area contributed by atoms with Crippen LogP contribution in [0.25, 0.3) is 0 Å². The van der Waals surface area contributed by atoms with Gasteiger partial charge in [-0.2, -0.15) is 0 Å². The summed E-state index contributed by atoms with van der Waals surface area (Å²) in [6, 6.07) is 9.04. The molecule has 0 aliphatic carbocycles. The number of rotatable bonds is 4. The molecule has 0 fully saturated rings. The van der Waals surface area contributed by atoms with Gasteiger partial charge < -0.3 is 9.79 Å². The molecule has 0 saturated heterocycles. The van der Waals surface area contributed by atoms with Crippen LogP contribution in [-0.4, -0.2) is 15.6 Å². The lowest BCUT2D eigenvalue weighted by Gasteiger charge is -2.16. The van der Waals surface area contributed by atoms with E-state index in [1.165, 1.54) is 0 Å². The summed E-state index contributed by atoms with van der Waals surface area (Å²) >= 11 is 0. The maximum atomic E-state index is 10.9. The van der Waals surface area contributed by atoms with Crippen LogP contribution in [-0.2, 0) is 11.0 Å². The number of nitrogens with one attached hydrogen (secondary N) is 1. The first-order valence-corrected chi connectivity index (χ1v) is 5.77. The Morgan fingerprint density at radius 2 is 1.93 bits per heavy atom. The highest BCUT2D eigenvalue weighted by atomic mass is 31.2. The van der Waals surface area contributed by atoms with E-state index in [0.29, 0.717) is 0 Å². The van der Waals surface area contributed by atoms with Gasteiger partial charge in [-0.15, -0.1) is 0 Å². The molecule has 1 rings (SSSR count). The zero-order chi connectivity index (χ0) is 10.6. The van der Waals surface area contributed by atoms with Gasteiger partial charge in [-0.05, 0) is 5.56 Å². The minimum absolute atomic E-state index is 0.210. The lowest BCUT2D eigenvalue weighted by Crippen LogP contribution is -2.36. The smallest absolute Gasteiger partial charge is 0.323 e. The lowest BCUT2D eigenvalue weighted by molar-refractivity contribution is 0.346. The third-order valence-electron chi connectivity index (χ3n) is 1.87. The van der Waals surface area contributed by atoms with Crippen LogP contribution < -0.4 is 11.3 Å². The average Bonchev–Trinajstić information content (AvgIpc) is 2.14. The summed E-state index contributed by atoms with van der Waals surface area (Å²) in [6.45, 7) is 0. The van der Waals surface area contributed by atoms with Gasteiger partial charge in [-0.25, -0.2) is 5.43 Å². The van der Waals surface area contributed by atoms with E-state index in [-0.39, 0.29) is 6.42 Å². The Hall–Kier alpha value is -0.710. The normalized spacial score (nSPS) is 13.9. The van der Waals surface area contributed by atoms with Crippen molar-refractivity contribution in [3.05, 3.63) is 35.9 Å². The zero-order valence-corrected chi connectivity index (χ0v) is 8.39. The van der Waals surface area contributed by atoms with Crippen molar-refractivity contribution in [2.75, 3.05) is 0 Å². The summed E-state index contributed by atoms with van der Waals surface area (Å²) in [5.74, 6) is 4.04. The van der Waals surface area contributed by atoms with E-state index in [1.54, 1.807) is 12.1 Å². The molecular formula is C8H13N2O3P. The Labute approximate surface area is 82.1 Å². The largest absolute Gasteiger partial charge is 0.343 e. The van der Waals surface area contributed by atoms with E-state index in [1.807, 2.05) is 18.2 Å². The summed E-state index contributed by atoms with van der Waals surface area (Å²) in [4.78, 5) is 17.8. The summed E-state index contributed by atoms with van der Waals surface area (Å²) in [7, 11) is -4.18. The fourth-order valence-electron chi connectivity index (χ4n) is 1.11. The van der Waals surface area contributed by atoms with Crippen molar-refractivity contribution in [2.45, 2.75) is 12.2 Å². The predicted molar refractivity (Wildman–Crippen MR) is 53.3 cm³/mol. The van der Waals surface area contributed by atoms with E-state index in [4.69, 9.17) is 15.6 Å². The topological polar surface area (TPSA) is 95.6 Å². The molecule has 5 nitrogen and oxygen atoms in total. The Morgan fingerprint density at radius 1 is 1.36 bits per heavy atom. The predicted octanol–water partition coefficient (Wildman–Crippen LogP) is 0.196. The third-order valence-corrected chi connectivity index (χ3v) is 3.01. The van der Waals surface area contributed by atoms with Crippen molar-refractivity contribution in [1.82, 2.24) is 5.43 Å². The van der Waals surface area contributed by atoms with Crippen molar-refractivity contribution in [3.63, 3.8) is 0 Å². The minimum Gasteiger partial charge on any atom is -0.323 e. The highest BCUT2D eigenvalue weighted by Gasteiger charge is 2.27. The molecule has 0 spiro atoms. The Kier molecular flexibility index (Phi) is 3.80. The van der Waals surface area contributed by atoms with Gasteiger partial charge in [0.25, 0.3) is 0 Å². The summed E-state index contributed by atoms with van der Waals surface area (Å²) < 4.78 is 10.9. The number of benzene rings is 1. The molecule has 14 heavy (non-hydrogen) atoms. The average molecular weight is 216 g/mol. The molecule has 78 valence electrons. The van der Waals surface area contributed by atoms with Crippen LogP contribution in [0.2, 0.25) is 0 Å². The van der Waals surface area contributed by atoms with E-state index >= 15 is 0 Å². The standard InChI is InChI=1S/C8H13N2O3P/c9-10-8(14(11,12)13)6-7-4-2-1-3-5-7/h1-5,8,10H,6,9H2,(H2,11,12,13). The molecule has 0 aliphatic heterocycles. The van der Waals surface area contributed by atoms with E-state index < -0.39 is 13.4 Å². The Bertz CT molecular complexity index is 325. The molecule has 0 heterocycles. The monoisotopic (exact) mass is 216 g/mol. The van der Waals surface area contributed by atoms with Gasteiger partial charge in [0, 0.05) is 6.42 Å². The van der Waals surface area contributed by atoms with Crippen LogP contribution in [0.15, 0.2) is 30.3 Å². The summed E-state index contributed by atoms with van der Waals surface area (Å²) in [6.07, 6.45) is 0.210. The first kappa shape index (κ1) is 11.4. The second-order valence-corrected chi connectivity index (χ2v) is 4.76. The molecule has 1 unspecified atom stereocenters. The van der Waals surface area contributed by atoms with Crippen molar-refractivity contribution < 1.29 is 14.4 Å². The number of nitrogens with two attached hydrogens (primary N) is 1. The van der Waals surface area contributed by atoms with Gasteiger partial charge in [0.05, 0.1) is 0 Å². The molecule has 0 bridgehead atoms. The van der Waals surface area contributed by atoms with Crippen LogP contribution in [0, 0.1) is 0 Å². The Balaban J connectivity index is 2.72. The van der Waals surface area contributed by atoms with Gasteiger partial charge >= 0.3 is 7.60 Å². The highest BCUT2D eigenvalue weighted by Crippen LogP contribution is 2.40. The molecule has 0 aromatic heterocycles. The fourth-order valence-corrected chi connectivity index (χ4v) is 1.76. The van der Waals surface area contributed by atoms with Crippen molar-refractivity contribution >= 4 is 7.60 Å². The third kappa shape index (κ3) is 3.21. The molecule has 0 aliphatic rings. The maximum absolute atomic E-state index is 10.9. The second kappa shape index (κ2) is 4.68. The van der Waals surface area contributed by atoms with Crippen molar-refractivity contribution in [3.8, 4) is 0 Å². The van der Waals surface area contributed by atoms with E-state index in [9.17, 15) is 4.57 Å². The van der Waals surface area contributed by atoms with Crippen LogP contribution in [0.4, 0.5) is 0 Å². The SMILES string of the molecule is NNC(Cc1ccccc1)P(=O)(O)O. The molecule has 0 radical (unpaired) electrons. The van der Waals surface area contributed by atoms with Gasteiger partial charge in [0.1, 0.15) is 5.78 Å². The van der Waals surface area contributed by atoms with Gasteiger partial charge in [0.15, 0.2) is 0 Å². The van der Waals surface area contributed by atoms with Crippen LogP contribution >= 0.6 is 7.60 Å². The first-order valence-electron chi connectivity index (χ1n) is 4.09. The summed E-state index contributed by atoms with van der Waals surface area (Å²) in [5.41, 5.74) is 2.96. The molecule has 1 aromatic rings. The molecule has 0 amide bonds. The van der Waals surface area contributed by atoms with Crippen LogP contribution in [0.3, 0.4) is 0 Å². The molecule has 5 N–H and O–H groups in total. The molecular weight excluding hydrogens is 203 g/mol. The van der Waals surface area contributed by atoms with Gasteiger partial charge in [0.2, 0.25) is 0 Å². The summed E-state index contributed by atoms with van der Waals surface area (Å²) in [5, 5.41) is 0. The van der Waals surface area contributed by atoms with Gasteiger partial charge in [-0.3, -0.25) is 10.4 Å². The molecule has 1 aromatic carbocycles. The number of hydrogen-bond acceptors (Lipinski definition) is 3. The molecule has 0 saturated carbocycles. The highest BCUT2D eigenvalue weighted by molar-refractivity contribution is 7.52. The maximum Gasteiger partial charge on any atom is 0.343 e. The molecule has 6 heteroatoms. The molecule has 1 atom stereocenters. The minimum atomic E-state index is -4.18. The first-order chi connectivity index (χ1) is 6.54. The zero-order valence-electron chi connectivity index (χ0n) is 7.50. The van der Waals surface area contributed by atoms with Crippen molar-refractivity contribution in [2.24, 2.45) is 5.84 Å². The number of hydrazine groups is 1. The second-order valence-electron chi connectivity index (χ2n) is 2.96.